The maximum Gasteiger partial charge on any atom is 0.136 e. The van der Waals surface area contributed by atoms with Gasteiger partial charge in [0.05, 0.1) is 5.69 Å². The third kappa shape index (κ3) is 6.20. The van der Waals surface area contributed by atoms with Gasteiger partial charge in [0.15, 0.2) is 0 Å². The van der Waals surface area contributed by atoms with E-state index in [9.17, 15) is 0 Å². The summed E-state index contributed by atoms with van der Waals surface area (Å²) in [6.45, 7) is 0. The number of anilines is 3. The van der Waals surface area contributed by atoms with Crippen molar-refractivity contribution in [1.82, 2.24) is 0 Å². The fraction of sp³-hybridized carbons (Fsp3) is 0. The summed E-state index contributed by atoms with van der Waals surface area (Å²) in [6, 6.07) is 85.7. The molecule has 0 spiro atoms. The molecule has 0 aliphatic heterocycles. The van der Waals surface area contributed by atoms with Crippen molar-refractivity contribution in [3.05, 3.63) is 237 Å². The van der Waals surface area contributed by atoms with Gasteiger partial charge in [-0.2, -0.15) is 0 Å². The van der Waals surface area contributed by atoms with Crippen LogP contribution >= 0.6 is 0 Å². The van der Waals surface area contributed by atoms with Gasteiger partial charge in [-0.05, 0) is 126 Å². The summed E-state index contributed by atoms with van der Waals surface area (Å²) in [5.41, 5.74) is 14.3. The van der Waals surface area contributed by atoms with Crippen molar-refractivity contribution in [3.8, 4) is 44.5 Å². The Bertz CT molecular complexity index is 3630. The first-order chi connectivity index (χ1) is 30.7. The maximum absolute atomic E-state index is 6.36. The van der Waals surface area contributed by atoms with Crippen molar-refractivity contribution in [2.75, 3.05) is 4.90 Å². The summed E-state index contributed by atoms with van der Waals surface area (Å²) in [4.78, 5) is 2.43. The molecule has 290 valence electrons. The van der Waals surface area contributed by atoms with Crippen LogP contribution in [-0.2, 0) is 0 Å². The van der Waals surface area contributed by atoms with Crippen LogP contribution in [-0.4, -0.2) is 0 Å². The summed E-state index contributed by atoms with van der Waals surface area (Å²) < 4.78 is 6.36. The molecule has 0 fully saturated rings. The topological polar surface area (TPSA) is 16.4 Å². The van der Waals surface area contributed by atoms with Crippen molar-refractivity contribution in [2.45, 2.75) is 0 Å². The quantitative estimate of drug-likeness (QED) is 0.150. The van der Waals surface area contributed by atoms with E-state index in [1.54, 1.807) is 0 Å². The Hall–Kier alpha value is -8.20. The van der Waals surface area contributed by atoms with Crippen LogP contribution in [0.2, 0.25) is 0 Å². The molecule has 2 heteroatoms. The first kappa shape index (κ1) is 35.7. The maximum atomic E-state index is 6.36. The number of furan rings is 1. The Morgan fingerprint density at radius 1 is 0.258 bits per heavy atom. The molecule has 1 heterocycles. The predicted octanol–water partition coefficient (Wildman–Crippen LogP) is 17.2. The van der Waals surface area contributed by atoms with Crippen LogP contribution in [0.4, 0.5) is 17.1 Å². The van der Waals surface area contributed by atoms with Crippen LogP contribution in [0.15, 0.2) is 241 Å². The lowest BCUT2D eigenvalue weighted by atomic mass is 9.93. The third-order valence-electron chi connectivity index (χ3n) is 12.4. The highest BCUT2D eigenvalue weighted by Crippen LogP contribution is 2.45. The third-order valence-corrected chi connectivity index (χ3v) is 12.4. The largest absolute Gasteiger partial charge is 0.456 e. The van der Waals surface area contributed by atoms with E-state index in [0.717, 1.165) is 66.8 Å². The number of fused-ring (bicyclic) bond motifs is 7. The van der Waals surface area contributed by atoms with E-state index in [1.807, 2.05) is 12.1 Å². The van der Waals surface area contributed by atoms with Crippen LogP contribution < -0.4 is 4.90 Å². The molecule has 12 rings (SSSR count). The molecule has 0 radical (unpaired) electrons. The van der Waals surface area contributed by atoms with Crippen molar-refractivity contribution < 1.29 is 4.42 Å². The lowest BCUT2D eigenvalue weighted by Gasteiger charge is -2.29. The minimum absolute atomic E-state index is 0.887. The standard InChI is InChI=1S/C60H39NO/c1-2-12-42(13-3-1)55-34-30-48(53-22-11-16-41-14-4-6-19-51(41)53)38-58(55)61(50-18-10-17-44(37-50)46-29-35-57-56-21-8-9-23-59(56)62-60(57)39-46)49-31-26-40(27-32-49)45-28-33-54-47(36-45)25-24-43-15-5-7-20-52(43)54/h1-39H. The van der Waals surface area contributed by atoms with Crippen LogP contribution in [0.5, 0.6) is 0 Å². The van der Waals surface area contributed by atoms with Crippen molar-refractivity contribution in [1.29, 1.82) is 0 Å². The molecular formula is C60H39NO. The zero-order valence-corrected chi connectivity index (χ0v) is 33.9. The highest BCUT2D eigenvalue weighted by Gasteiger charge is 2.20. The lowest BCUT2D eigenvalue weighted by molar-refractivity contribution is 0.669. The molecule has 0 unspecified atom stereocenters. The Morgan fingerprint density at radius 3 is 1.69 bits per heavy atom. The van der Waals surface area contributed by atoms with Crippen LogP contribution in [0.25, 0.3) is 98.8 Å². The van der Waals surface area contributed by atoms with Crippen molar-refractivity contribution >= 4 is 71.3 Å². The molecule has 1 aromatic heterocycles. The summed E-state index contributed by atoms with van der Waals surface area (Å²) in [5, 5.41) is 9.76. The second kappa shape index (κ2) is 14.8. The van der Waals surface area contributed by atoms with E-state index in [-0.39, 0.29) is 0 Å². The summed E-state index contributed by atoms with van der Waals surface area (Å²) in [6.07, 6.45) is 0. The molecular weight excluding hydrogens is 751 g/mol. The molecule has 0 saturated heterocycles. The number of rotatable bonds is 7. The second-order valence-corrected chi connectivity index (χ2v) is 16.1. The number of hydrogen-bond acceptors (Lipinski definition) is 2. The van der Waals surface area contributed by atoms with Gasteiger partial charge >= 0.3 is 0 Å². The number of para-hydroxylation sites is 1. The van der Waals surface area contributed by atoms with Crippen molar-refractivity contribution in [3.63, 3.8) is 0 Å². The monoisotopic (exact) mass is 789 g/mol. The molecule has 0 atom stereocenters. The zero-order chi connectivity index (χ0) is 41.0. The molecule has 0 aliphatic rings. The Morgan fingerprint density at radius 2 is 0.839 bits per heavy atom. The highest BCUT2D eigenvalue weighted by atomic mass is 16.3. The Labute approximate surface area is 360 Å². The first-order valence-electron chi connectivity index (χ1n) is 21.2. The Kier molecular flexibility index (Phi) is 8.53. The van der Waals surface area contributed by atoms with E-state index >= 15 is 0 Å². The summed E-state index contributed by atoms with van der Waals surface area (Å²) in [7, 11) is 0. The SMILES string of the molecule is c1ccc(-c2ccc(-c3cccc4ccccc34)cc2N(c2ccc(-c3ccc4c(ccc5ccccc54)c3)cc2)c2cccc(-c3ccc4c(c3)oc3ccccc34)c2)cc1. The predicted molar refractivity (Wildman–Crippen MR) is 263 cm³/mol. The minimum atomic E-state index is 0.887. The summed E-state index contributed by atoms with van der Waals surface area (Å²) >= 11 is 0. The smallest absolute Gasteiger partial charge is 0.136 e. The van der Waals surface area contributed by atoms with Gasteiger partial charge in [0.25, 0.3) is 0 Å². The number of benzene rings is 11. The van der Waals surface area contributed by atoms with Gasteiger partial charge < -0.3 is 9.32 Å². The summed E-state index contributed by atoms with van der Waals surface area (Å²) in [5.74, 6) is 0. The fourth-order valence-corrected chi connectivity index (χ4v) is 9.38. The molecule has 0 N–H and O–H groups in total. The van der Waals surface area contributed by atoms with E-state index in [4.69, 9.17) is 4.42 Å². The first-order valence-corrected chi connectivity index (χ1v) is 21.2. The lowest BCUT2D eigenvalue weighted by Crippen LogP contribution is -2.11. The fourth-order valence-electron chi connectivity index (χ4n) is 9.38. The molecule has 0 bridgehead atoms. The molecule has 0 saturated carbocycles. The van der Waals surface area contributed by atoms with E-state index < -0.39 is 0 Å². The Balaban J connectivity index is 1.04. The van der Waals surface area contributed by atoms with Gasteiger partial charge in [0, 0.05) is 27.7 Å². The molecule has 0 amide bonds. The zero-order valence-electron chi connectivity index (χ0n) is 33.9. The van der Waals surface area contributed by atoms with Crippen LogP contribution in [0.3, 0.4) is 0 Å². The molecule has 11 aromatic carbocycles. The van der Waals surface area contributed by atoms with Crippen molar-refractivity contribution in [2.24, 2.45) is 0 Å². The number of nitrogens with zero attached hydrogens (tertiary/aromatic N) is 1. The van der Waals surface area contributed by atoms with Gasteiger partial charge in [0.1, 0.15) is 11.2 Å². The molecule has 0 aliphatic carbocycles. The molecule has 12 aromatic rings. The van der Waals surface area contributed by atoms with Gasteiger partial charge in [-0.25, -0.2) is 0 Å². The van der Waals surface area contributed by atoms with Crippen LogP contribution in [0, 0.1) is 0 Å². The minimum Gasteiger partial charge on any atom is -0.456 e. The second-order valence-electron chi connectivity index (χ2n) is 16.1. The normalized spacial score (nSPS) is 11.5. The highest BCUT2D eigenvalue weighted by molar-refractivity contribution is 6.09. The van der Waals surface area contributed by atoms with E-state index in [0.29, 0.717) is 0 Å². The van der Waals surface area contributed by atoms with Gasteiger partial charge in [-0.15, -0.1) is 0 Å². The van der Waals surface area contributed by atoms with E-state index in [2.05, 4.69) is 229 Å². The van der Waals surface area contributed by atoms with Crippen LogP contribution in [0.1, 0.15) is 0 Å². The van der Waals surface area contributed by atoms with Gasteiger partial charge in [-0.3, -0.25) is 0 Å². The van der Waals surface area contributed by atoms with E-state index in [1.165, 1.54) is 49.0 Å². The molecule has 2 nitrogen and oxygen atoms in total. The number of hydrogen-bond donors (Lipinski definition) is 0. The average molecular weight is 790 g/mol. The molecule has 62 heavy (non-hydrogen) atoms. The van der Waals surface area contributed by atoms with Gasteiger partial charge in [0.2, 0.25) is 0 Å². The van der Waals surface area contributed by atoms with Gasteiger partial charge in [-0.1, -0.05) is 182 Å². The average Bonchev–Trinajstić information content (AvgIpc) is 3.72.